The largest absolute Gasteiger partial charge is 0.0654 e. The Kier molecular flexibility index (Phi) is 13.4. The highest BCUT2D eigenvalue weighted by Crippen LogP contribution is 2.67. The maximum atomic E-state index is 2.32. The maximum Gasteiger partial charge on any atom is -0.0287 e. The van der Waals surface area contributed by atoms with Gasteiger partial charge in [-0.3, -0.25) is 0 Å². The molecule has 0 nitrogen and oxygen atoms in total. The molecule has 200 valence electrons. The highest BCUT2D eigenvalue weighted by atomic mass is 14.6. The predicted molar refractivity (Wildman–Crippen MR) is 152 cm³/mol. The fourth-order valence-electron chi connectivity index (χ4n) is 8.54. The van der Waals surface area contributed by atoms with Crippen LogP contribution in [-0.4, -0.2) is 0 Å². The van der Waals surface area contributed by atoms with Gasteiger partial charge in [-0.05, 0) is 86.9 Å². The van der Waals surface area contributed by atoms with E-state index in [0.29, 0.717) is 0 Å². The Morgan fingerprint density at radius 2 is 0.706 bits per heavy atom. The van der Waals surface area contributed by atoms with Crippen LogP contribution in [0.3, 0.4) is 0 Å². The van der Waals surface area contributed by atoms with Gasteiger partial charge in [-0.1, -0.05) is 129 Å². The molecule has 3 saturated carbocycles. The van der Waals surface area contributed by atoms with Crippen LogP contribution in [0, 0.1) is 22.7 Å². The van der Waals surface area contributed by atoms with Crippen LogP contribution in [0.2, 0.25) is 0 Å². The molecule has 0 aromatic carbocycles. The van der Waals surface area contributed by atoms with Crippen molar-refractivity contribution >= 4 is 0 Å². The lowest BCUT2D eigenvalue weighted by molar-refractivity contribution is -0.102. The van der Waals surface area contributed by atoms with E-state index in [-0.39, 0.29) is 0 Å². The number of rotatable bonds is 18. The Balaban J connectivity index is 1.17. The highest BCUT2D eigenvalue weighted by molar-refractivity contribution is 5.06. The predicted octanol–water partition coefficient (Wildman–Crippen LogP) is 12.2. The van der Waals surface area contributed by atoms with Crippen LogP contribution in [0.5, 0.6) is 0 Å². The molecule has 0 bridgehead atoms. The zero-order valence-electron chi connectivity index (χ0n) is 24.0. The quantitative estimate of drug-likeness (QED) is 0.174. The monoisotopic (exact) mass is 473 g/mol. The van der Waals surface area contributed by atoms with Gasteiger partial charge in [0.1, 0.15) is 0 Å². The van der Waals surface area contributed by atoms with E-state index >= 15 is 0 Å². The van der Waals surface area contributed by atoms with Gasteiger partial charge < -0.3 is 0 Å². The van der Waals surface area contributed by atoms with Crippen LogP contribution in [0.25, 0.3) is 0 Å². The molecule has 3 aliphatic rings. The van der Waals surface area contributed by atoms with E-state index in [1.807, 2.05) is 0 Å². The second-order valence-corrected chi connectivity index (χ2v) is 13.8. The summed E-state index contributed by atoms with van der Waals surface area (Å²) in [6.45, 7) is 4.64. The fraction of sp³-hybridized carbons (Fsp3) is 1.00. The van der Waals surface area contributed by atoms with Gasteiger partial charge in [0, 0.05) is 0 Å². The van der Waals surface area contributed by atoms with Gasteiger partial charge in [-0.25, -0.2) is 0 Å². The summed E-state index contributed by atoms with van der Waals surface area (Å²) >= 11 is 0. The fourth-order valence-corrected chi connectivity index (χ4v) is 8.54. The van der Waals surface area contributed by atoms with E-state index < -0.39 is 0 Å². The van der Waals surface area contributed by atoms with Crippen molar-refractivity contribution < 1.29 is 0 Å². The van der Waals surface area contributed by atoms with E-state index in [0.717, 1.165) is 22.7 Å². The van der Waals surface area contributed by atoms with Crippen LogP contribution >= 0.6 is 0 Å². The molecule has 0 aromatic heterocycles. The third-order valence-electron chi connectivity index (χ3n) is 10.8. The molecule has 3 aliphatic carbocycles. The summed E-state index contributed by atoms with van der Waals surface area (Å²) in [6.07, 6.45) is 42.7. The molecule has 0 atom stereocenters. The van der Waals surface area contributed by atoms with Crippen molar-refractivity contribution in [2.24, 2.45) is 22.7 Å². The molecule has 34 heavy (non-hydrogen) atoms. The van der Waals surface area contributed by atoms with Crippen molar-refractivity contribution in [1.82, 2.24) is 0 Å². The van der Waals surface area contributed by atoms with Gasteiger partial charge in [-0.15, -0.1) is 0 Å². The summed E-state index contributed by atoms with van der Waals surface area (Å²) < 4.78 is 0. The van der Waals surface area contributed by atoms with Crippen molar-refractivity contribution in [2.75, 3.05) is 0 Å². The zero-order valence-corrected chi connectivity index (χ0v) is 24.0. The van der Waals surface area contributed by atoms with Crippen LogP contribution in [-0.2, 0) is 0 Å². The van der Waals surface area contributed by atoms with Crippen LogP contribution < -0.4 is 0 Å². The third-order valence-corrected chi connectivity index (χ3v) is 10.8. The minimum absolute atomic E-state index is 0.820. The normalized spacial score (nSPS) is 31.2. The zero-order chi connectivity index (χ0) is 24.0. The summed E-state index contributed by atoms with van der Waals surface area (Å²) in [7, 11) is 0. The lowest BCUT2D eigenvalue weighted by Gasteiger charge is -2.61. The Morgan fingerprint density at radius 3 is 1.03 bits per heavy atom. The third kappa shape index (κ3) is 9.81. The molecule has 0 unspecified atom stereocenters. The molecule has 3 rings (SSSR count). The van der Waals surface area contributed by atoms with E-state index in [4.69, 9.17) is 0 Å². The summed E-state index contributed by atoms with van der Waals surface area (Å²) in [5.41, 5.74) is 1.64. The molecule has 3 fully saturated rings. The second kappa shape index (κ2) is 16.0. The summed E-state index contributed by atoms with van der Waals surface area (Å²) in [6, 6.07) is 0. The molecular weight excluding hydrogens is 408 g/mol. The van der Waals surface area contributed by atoms with Gasteiger partial charge in [0.2, 0.25) is 0 Å². The smallest absolute Gasteiger partial charge is 0.0287 e. The Labute approximate surface area is 216 Å². The van der Waals surface area contributed by atoms with Crippen LogP contribution in [0.1, 0.15) is 194 Å². The summed E-state index contributed by atoms with van der Waals surface area (Å²) in [5.74, 6) is 2.18. The summed E-state index contributed by atoms with van der Waals surface area (Å²) in [5, 5.41) is 0. The maximum absolute atomic E-state index is 2.32. The minimum Gasteiger partial charge on any atom is -0.0654 e. The molecule has 0 aromatic rings. The van der Waals surface area contributed by atoms with E-state index in [2.05, 4.69) is 13.8 Å². The van der Waals surface area contributed by atoms with Crippen LogP contribution in [0.15, 0.2) is 0 Å². The Bertz CT molecular complexity index is 434. The van der Waals surface area contributed by atoms with E-state index in [1.54, 1.807) is 77.0 Å². The first-order chi connectivity index (χ1) is 16.7. The topological polar surface area (TPSA) is 0 Å². The highest BCUT2D eigenvalue weighted by Gasteiger charge is 2.55. The molecule has 0 heteroatoms. The van der Waals surface area contributed by atoms with Crippen molar-refractivity contribution in [3.05, 3.63) is 0 Å². The van der Waals surface area contributed by atoms with Crippen LogP contribution in [0.4, 0.5) is 0 Å². The van der Waals surface area contributed by atoms with Gasteiger partial charge in [0.15, 0.2) is 0 Å². The van der Waals surface area contributed by atoms with Crippen molar-refractivity contribution in [2.45, 2.75) is 194 Å². The number of unbranched alkanes of at least 4 members (excludes halogenated alkanes) is 14. The van der Waals surface area contributed by atoms with E-state index in [1.165, 1.54) is 103 Å². The standard InChI is InChI=1S/C34H64/c1-3-5-7-9-11-13-15-17-19-31-21-25-33(26-22-31)29-34(30-33)27-23-32(24-28-34)20-18-16-14-12-10-8-6-4-2/h31-32H,3-30H2,1-2H3. The number of hydrogen-bond acceptors (Lipinski definition) is 0. The van der Waals surface area contributed by atoms with Crippen molar-refractivity contribution in [3.63, 3.8) is 0 Å². The first-order valence-electron chi connectivity index (χ1n) is 16.7. The first-order valence-corrected chi connectivity index (χ1v) is 16.7. The Hall–Kier alpha value is 0. The van der Waals surface area contributed by atoms with Gasteiger partial charge >= 0.3 is 0 Å². The summed E-state index contributed by atoms with van der Waals surface area (Å²) in [4.78, 5) is 0. The molecule has 0 amide bonds. The lowest BCUT2D eigenvalue weighted by Crippen LogP contribution is -2.49. The molecule has 0 radical (unpaired) electrons. The molecule has 0 N–H and O–H groups in total. The van der Waals surface area contributed by atoms with Gasteiger partial charge in [0.25, 0.3) is 0 Å². The lowest BCUT2D eigenvalue weighted by atomic mass is 9.44. The average Bonchev–Trinajstić information content (AvgIpc) is 2.84. The SMILES string of the molecule is CCCCCCCCCCC1CCC2(CC1)CC1(CCC(CCCCCCCCCC)CC1)C2. The molecule has 2 spiro atoms. The molecule has 0 heterocycles. The molecule has 0 aliphatic heterocycles. The molecule has 0 saturated heterocycles. The van der Waals surface area contributed by atoms with Gasteiger partial charge in [-0.2, -0.15) is 0 Å². The minimum atomic E-state index is 0.820. The van der Waals surface area contributed by atoms with Crippen molar-refractivity contribution in [3.8, 4) is 0 Å². The number of hydrogen-bond donors (Lipinski definition) is 0. The van der Waals surface area contributed by atoms with Gasteiger partial charge in [0.05, 0.1) is 0 Å². The molecular formula is C34H64. The Morgan fingerprint density at radius 1 is 0.412 bits per heavy atom. The van der Waals surface area contributed by atoms with Crippen molar-refractivity contribution in [1.29, 1.82) is 0 Å². The second-order valence-electron chi connectivity index (χ2n) is 13.8. The first kappa shape index (κ1) is 28.6. The van der Waals surface area contributed by atoms with E-state index in [9.17, 15) is 0 Å². The average molecular weight is 473 g/mol.